The number of benzene rings is 1. The van der Waals surface area contributed by atoms with E-state index in [2.05, 4.69) is 22.9 Å². The Balaban J connectivity index is 1.89. The fourth-order valence-corrected chi connectivity index (χ4v) is 3.45. The summed E-state index contributed by atoms with van der Waals surface area (Å²) >= 11 is 0. The second-order valence-corrected chi connectivity index (χ2v) is 6.11. The predicted molar refractivity (Wildman–Crippen MR) is 85.0 cm³/mol. The van der Waals surface area contributed by atoms with Crippen LogP contribution in [-0.2, 0) is 16.0 Å². The van der Waals surface area contributed by atoms with Crippen molar-refractivity contribution in [2.24, 2.45) is 0 Å². The van der Waals surface area contributed by atoms with Gasteiger partial charge in [-0.1, -0.05) is 18.2 Å². The van der Waals surface area contributed by atoms with E-state index in [1.165, 1.54) is 10.9 Å². The van der Waals surface area contributed by atoms with Crippen molar-refractivity contribution < 1.29 is 14.7 Å². The summed E-state index contributed by atoms with van der Waals surface area (Å²) in [5.41, 5.74) is 2.35. The Hall–Kier alpha value is -2.10. The Morgan fingerprint density at radius 2 is 2.14 bits per heavy atom. The van der Waals surface area contributed by atoms with Crippen LogP contribution in [0.4, 0.5) is 0 Å². The van der Waals surface area contributed by atoms with Crippen LogP contribution >= 0.6 is 0 Å². The van der Waals surface area contributed by atoms with E-state index in [-0.39, 0.29) is 12.5 Å². The molecule has 0 bridgehead atoms. The van der Waals surface area contributed by atoms with Gasteiger partial charge in [-0.3, -0.25) is 9.59 Å². The molecular formula is C18H21NO3. The van der Waals surface area contributed by atoms with Crippen molar-refractivity contribution in [3.05, 3.63) is 36.0 Å². The third-order valence-electron chi connectivity index (χ3n) is 4.51. The Kier molecular flexibility index (Phi) is 4.27. The average molecular weight is 299 g/mol. The highest BCUT2D eigenvalue weighted by molar-refractivity contribution is 5.85. The number of aryl methyl sites for hydroxylation is 1. The molecular weight excluding hydrogens is 278 g/mol. The molecule has 0 spiro atoms. The quantitative estimate of drug-likeness (QED) is 0.915. The zero-order valence-corrected chi connectivity index (χ0v) is 12.6. The lowest BCUT2D eigenvalue weighted by Crippen LogP contribution is -2.18. The van der Waals surface area contributed by atoms with Gasteiger partial charge in [-0.05, 0) is 37.3 Å². The van der Waals surface area contributed by atoms with E-state index in [0.717, 1.165) is 24.8 Å². The highest BCUT2D eigenvalue weighted by Gasteiger charge is 2.22. The standard InChI is InChI=1S/C18H21NO3/c20-15-7-4-6-14(11-15)19-12-13(5-3-10-18(21)22)16-8-1-2-9-17(16)19/h1-2,8-9,12,14H,3-7,10-11H2,(H,21,22). The molecule has 0 amide bonds. The number of Topliss-reactive ketones (excluding diaryl/α,β-unsaturated/α-hetero) is 1. The molecule has 0 aliphatic heterocycles. The molecule has 1 fully saturated rings. The molecule has 1 heterocycles. The number of carbonyl (C=O) groups is 2. The number of nitrogens with zero attached hydrogens (tertiary/aromatic N) is 1. The molecule has 1 aromatic heterocycles. The summed E-state index contributed by atoms with van der Waals surface area (Å²) in [4.78, 5) is 22.5. The molecule has 1 saturated carbocycles. The van der Waals surface area contributed by atoms with Gasteiger partial charge >= 0.3 is 5.97 Å². The van der Waals surface area contributed by atoms with Crippen molar-refractivity contribution in [3.8, 4) is 0 Å². The van der Waals surface area contributed by atoms with E-state index in [9.17, 15) is 9.59 Å². The third-order valence-corrected chi connectivity index (χ3v) is 4.51. The zero-order chi connectivity index (χ0) is 15.5. The number of carboxylic acid groups (broad SMARTS) is 1. The van der Waals surface area contributed by atoms with E-state index < -0.39 is 5.97 Å². The third kappa shape index (κ3) is 3.06. The minimum Gasteiger partial charge on any atom is -0.481 e. The predicted octanol–water partition coefficient (Wildman–Crippen LogP) is 3.73. The second-order valence-electron chi connectivity index (χ2n) is 6.11. The van der Waals surface area contributed by atoms with Crippen molar-refractivity contribution in [1.29, 1.82) is 0 Å². The normalized spacial score (nSPS) is 18.7. The molecule has 1 N–H and O–H groups in total. The molecule has 2 aromatic rings. The van der Waals surface area contributed by atoms with Gasteiger partial charge in [0.15, 0.2) is 0 Å². The summed E-state index contributed by atoms with van der Waals surface area (Å²) in [5, 5.41) is 9.99. The van der Waals surface area contributed by atoms with Crippen molar-refractivity contribution in [1.82, 2.24) is 4.57 Å². The van der Waals surface area contributed by atoms with Crippen molar-refractivity contribution >= 4 is 22.7 Å². The maximum atomic E-state index is 11.8. The molecule has 0 saturated heterocycles. The first kappa shape index (κ1) is 14.8. The Labute approximate surface area is 129 Å². The van der Waals surface area contributed by atoms with Gasteiger partial charge in [0.2, 0.25) is 0 Å². The Bertz CT molecular complexity index is 701. The first-order valence-electron chi connectivity index (χ1n) is 7.97. The van der Waals surface area contributed by atoms with Crippen LogP contribution < -0.4 is 0 Å². The molecule has 4 nitrogen and oxygen atoms in total. The second kappa shape index (κ2) is 6.34. The van der Waals surface area contributed by atoms with Crippen LogP contribution in [0.15, 0.2) is 30.5 Å². The number of hydrogen-bond donors (Lipinski definition) is 1. The SMILES string of the molecule is O=C(O)CCCc1cn(C2CCCC(=O)C2)c2ccccc12. The number of para-hydroxylation sites is 1. The number of ketones is 1. The van der Waals surface area contributed by atoms with Crippen LogP contribution in [-0.4, -0.2) is 21.4 Å². The van der Waals surface area contributed by atoms with E-state index in [1.807, 2.05) is 12.1 Å². The number of carboxylic acids is 1. The van der Waals surface area contributed by atoms with Gasteiger partial charge in [0.1, 0.15) is 5.78 Å². The molecule has 1 unspecified atom stereocenters. The van der Waals surface area contributed by atoms with Gasteiger partial charge in [-0.15, -0.1) is 0 Å². The number of rotatable bonds is 5. The molecule has 22 heavy (non-hydrogen) atoms. The van der Waals surface area contributed by atoms with Crippen molar-refractivity contribution in [2.45, 2.75) is 51.0 Å². The highest BCUT2D eigenvalue weighted by atomic mass is 16.4. The van der Waals surface area contributed by atoms with Crippen LogP contribution in [0.3, 0.4) is 0 Å². The molecule has 1 aromatic carbocycles. The summed E-state index contributed by atoms with van der Waals surface area (Å²) in [6, 6.07) is 8.46. The lowest BCUT2D eigenvalue weighted by atomic mass is 9.94. The summed E-state index contributed by atoms with van der Waals surface area (Å²) in [7, 11) is 0. The number of fused-ring (bicyclic) bond motifs is 1. The van der Waals surface area contributed by atoms with Crippen molar-refractivity contribution in [3.63, 3.8) is 0 Å². The number of aromatic nitrogens is 1. The maximum absolute atomic E-state index is 11.8. The first-order valence-corrected chi connectivity index (χ1v) is 7.97. The van der Waals surface area contributed by atoms with Gasteiger partial charge in [0, 0.05) is 42.4 Å². The summed E-state index contributed by atoms with van der Waals surface area (Å²) in [6.45, 7) is 0. The maximum Gasteiger partial charge on any atom is 0.303 e. The molecule has 0 radical (unpaired) electrons. The van der Waals surface area contributed by atoms with E-state index >= 15 is 0 Å². The minimum atomic E-state index is -0.749. The van der Waals surface area contributed by atoms with Crippen LogP contribution in [0.2, 0.25) is 0 Å². The molecule has 4 heteroatoms. The molecule has 1 atom stereocenters. The summed E-state index contributed by atoms with van der Waals surface area (Å²) in [5.74, 6) is -0.400. The van der Waals surface area contributed by atoms with E-state index in [4.69, 9.17) is 5.11 Å². The fourth-order valence-electron chi connectivity index (χ4n) is 3.45. The number of hydrogen-bond acceptors (Lipinski definition) is 2. The molecule has 3 rings (SSSR count). The van der Waals surface area contributed by atoms with Gasteiger partial charge in [-0.25, -0.2) is 0 Å². The molecule has 1 aliphatic carbocycles. The van der Waals surface area contributed by atoms with Crippen LogP contribution in [0.5, 0.6) is 0 Å². The largest absolute Gasteiger partial charge is 0.481 e. The van der Waals surface area contributed by atoms with E-state index in [0.29, 0.717) is 25.0 Å². The lowest BCUT2D eigenvalue weighted by Gasteiger charge is -2.23. The van der Waals surface area contributed by atoms with Crippen LogP contribution in [0, 0.1) is 0 Å². The monoisotopic (exact) mass is 299 g/mol. The summed E-state index contributed by atoms with van der Waals surface area (Å²) in [6.07, 6.45) is 7.07. The number of aliphatic carboxylic acids is 1. The Morgan fingerprint density at radius 1 is 1.32 bits per heavy atom. The van der Waals surface area contributed by atoms with Gasteiger partial charge in [0.05, 0.1) is 0 Å². The zero-order valence-electron chi connectivity index (χ0n) is 12.6. The number of carbonyl (C=O) groups excluding carboxylic acids is 1. The van der Waals surface area contributed by atoms with Crippen molar-refractivity contribution in [2.75, 3.05) is 0 Å². The van der Waals surface area contributed by atoms with Crippen LogP contribution in [0.1, 0.15) is 50.1 Å². The topological polar surface area (TPSA) is 59.3 Å². The van der Waals surface area contributed by atoms with Crippen LogP contribution in [0.25, 0.3) is 10.9 Å². The lowest BCUT2D eigenvalue weighted by molar-refractivity contribution is -0.137. The van der Waals surface area contributed by atoms with Gasteiger partial charge in [-0.2, -0.15) is 0 Å². The smallest absolute Gasteiger partial charge is 0.303 e. The molecule has 116 valence electrons. The van der Waals surface area contributed by atoms with E-state index in [1.54, 1.807) is 0 Å². The van der Waals surface area contributed by atoms with Gasteiger partial charge in [0.25, 0.3) is 0 Å². The summed E-state index contributed by atoms with van der Waals surface area (Å²) < 4.78 is 2.24. The highest BCUT2D eigenvalue weighted by Crippen LogP contribution is 2.32. The average Bonchev–Trinajstić information content (AvgIpc) is 2.86. The fraction of sp³-hybridized carbons (Fsp3) is 0.444. The first-order chi connectivity index (χ1) is 10.6. The van der Waals surface area contributed by atoms with Gasteiger partial charge < -0.3 is 9.67 Å². The molecule has 1 aliphatic rings. The Morgan fingerprint density at radius 3 is 2.91 bits per heavy atom. The minimum absolute atomic E-state index is 0.196.